The summed E-state index contributed by atoms with van der Waals surface area (Å²) in [5.41, 5.74) is 11.4. The van der Waals surface area contributed by atoms with E-state index in [4.69, 9.17) is 5.73 Å². The lowest BCUT2D eigenvalue weighted by molar-refractivity contribution is -0.140. The fourth-order valence-corrected chi connectivity index (χ4v) is 6.73. The summed E-state index contributed by atoms with van der Waals surface area (Å²) in [7, 11) is 0. The normalized spacial score (nSPS) is 26.9. The van der Waals surface area contributed by atoms with Gasteiger partial charge in [0, 0.05) is 25.7 Å². The third-order valence-electron chi connectivity index (χ3n) is 8.39. The van der Waals surface area contributed by atoms with Crippen molar-refractivity contribution >= 4 is 11.8 Å². The minimum Gasteiger partial charge on any atom is -0.326 e. The smallest absolute Gasteiger partial charge is 0.241 e. The predicted molar refractivity (Wildman–Crippen MR) is 131 cm³/mol. The summed E-state index contributed by atoms with van der Waals surface area (Å²) in [5.74, 6) is -0.0405. The first-order valence-electron chi connectivity index (χ1n) is 12.7. The lowest BCUT2D eigenvalue weighted by Gasteiger charge is -2.40. The van der Waals surface area contributed by atoms with Crippen LogP contribution < -0.4 is 5.73 Å². The number of hydrogen-bond donors (Lipinski definition) is 1. The number of nitrogens with two attached hydrogens (primary N) is 1. The van der Waals surface area contributed by atoms with Crippen LogP contribution in [0.25, 0.3) is 0 Å². The number of likely N-dealkylation sites (tertiary alicyclic amines) is 3. The molecule has 3 heterocycles. The van der Waals surface area contributed by atoms with Crippen LogP contribution in [0, 0.1) is 11.3 Å². The summed E-state index contributed by atoms with van der Waals surface area (Å²) < 4.78 is 0. The van der Waals surface area contributed by atoms with Crippen LogP contribution in [-0.2, 0) is 22.4 Å². The SMILES string of the molecule is N#C[C@@H]1CCCN1C(=O)[C@@H](N)CN1C[C@H]2C[C@@H]1C(=O)N2C1c2ccccc2CCc2ccccc21. The number of rotatable bonds is 4. The fourth-order valence-electron chi connectivity index (χ4n) is 6.73. The molecule has 4 atom stereocenters. The van der Waals surface area contributed by atoms with Gasteiger partial charge in [-0.25, -0.2) is 0 Å². The number of aryl methyl sites for hydroxylation is 2. The molecule has 2 amide bonds. The number of nitriles is 1. The van der Waals surface area contributed by atoms with Gasteiger partial charge in [-0.05, 0) is 54.4 Å². The number of carbonyl (C=O) groups is 2. The van der Waals surface area contributed by atoms with E-state index >= 15 is 0 Å². The number of fused-ring (bicyclic) bond motifs is 4. The summed E-state index contributed by atoms with van der Waals surface area (Å²) in [6, 6.07) is 17.9. The zero-order valence-corrected chi connectivity index (χ0v) is 19.8. The van der Waals surface area contributed by atoms with E-state index in [1.165, 1.54) is 22.3 Å². The number of hydrogen-bond acceptors (Lipinski definition) is 5. The molecule has 0 aromatic heterocycles. The molecular formula is C28H31N5O2. The van der Waals surface area contributed by atoms with Gasteiger partial charge >= 0.3 is 0 Å². The molecule has 3 fully saturated rings. The van der Waals surface area contributed by atoms with Crippen molar-refractivity contribution in [1.29, 1.82) is 5.26 Å². The molecule has 2 aromatic rings. The summed E-state index contributed by atoms with van der Waals surface area (Å²) in [6.07, 6.45) is 4.27. The number of piperazine rings is 1. The first kappa shape index (κ1) is 22.3. The molecule has 7 nitrogen and oxygen atoms in total. The van der Waals surface area contributed by atoms with Crippen LogP contribution >= 0.6 is 0 Å². The van der Waals surface area contributed by atoms with Gasteiger partial charge in [-0.15, -0.1) is 0 Å². The first-order chi connectivity index (χ1) is 17.1. The topological polar surface area (TPSA) is 93.7 Å². The van der Waals surface area contributed by atoms with Gasteiger partial charge in [0.05, 0.1) is 24.2 Å². The first-order valence-corrected chi connectivity index (χ1v) is 12.7. The maximum Gasteiger partial charge on any atom is 0.241 e. The van der Waals surface area contributed by atoms with E-state index in [-0.39, 0.29) is 36.0 Å². The second-order valence-corrected chi connectivity index (χ2v) is 10.3. The highest BCUT2D eigenvalue weighted by atomic mass is 16.2. The Morgan fingerprint density at radius 3 is 2.37 bits per heavy atom. The van der Waals surface area contributed by atoms with Crippen molar-refractivity contribution in [1.82, 2.24) is 14.7 Å². The highest BCUT2D eigenvalue weighted by Crippen LogP contribution is 2.44. The van der Waals surface area contributed by atoms with Gasteiger partial charge in [0.2, 0.25) is 11.8 Å². The van der Waals surface area contributed by atoms with Gasteiger partial charge < -0.3 is 15.5 Å². The van der Waals surface area contributed by atoms with Crippen molar-refractivity contribution in [3.63, 3.8) is 0 Å². The number of nitrogens with zero attached hydrogens (tertiary/aromatic N) is 4. The van der Waals surface area contributed by atoms with E-state index in [1.54, 1.807) is 4.90 Å². The molecule has 1 aliphatic carbocycles. The molecule has 0 saturated carbocycles. The van der Waals surface area contributed by atoms with Gasteiger partial charge in [0.15, 0.2) is 0 Å². The molecule has 2 aromatic carbocycles. The molecule has 3 aliphatic heterocycles. The van der Waals surface area contributed by atoms with Gasteiger partial charge in [-0.1, -0.05) is 48.5 Å². The Morgan fingerprint density at radius 2 is 1.74 bits per heavy atom. The number of carbonyl (C=O) groups excluding carboxylic acids is 2. The van der Waals surface area contributed by atoms with Crippen molar-refractivity contribution < 1.29 is 9.59 Å². The molecule has 7 heteroatoms. The summed E-state index contributed by atoms with van der Waals surface area (Å²) in [5, 5.41) is 9.34. The standard InChI is InChI=1S/C28H31N5O2/c29-15-20-8-5-13-32(20)27(34)24(30)17-31-16-21-14-25(31)28(35)33(21)26-22-9-3-1-6-18(22)11-12-19-7-2-4-10-23(19)26/h1-4,6-7,9-10,20-21,24-26H,5,8,11-14,16-17,30H2/t20-,21+,24-,25+/m0/s1. The Balaban J connectivity index is 1.24. The number of benzene rings is 2. The molecular weight excluding hydrogens is 438 g/mol. The maximum absolute atomic E-state index is 13.8. The van der Waals surface area contributed by atoms with Gasteiger partial charge in [0.25, 0.3) is 0 Å². The molecule has 2 bridgehead atoms. The number of amides is 2. The minimum atomic E-state index is -0.719. The van der Waals surface area contributed by atoms with Crippen LogP contribution in [-0.4, -0.2) is 70.3 Å². The molecule has 0 unspecified atom stereocenters. The van der Waals surface area contributed by atoms with Crippen molar-refractivity contribution in [2.45, 2.75) is 62.3 Å². The van der Waals surface area contributed by atoms with Crippen LogP contribution in [0.15, 0.2) is 48.5 Å². The highest BCUT2D eigenvalue weighted by Gasteiger charge is 2.53. The van der Waals surface area contributed by atoms with E-state index in [0.29, 0.717) is 19.5 Å². The van der Waals surface area contributed by atoms with Crippen LogP contribution in [0.3, 0.4) is 0 Å². The Labute approximate surface area is 206 Å². The van der Waals surface area contributed by atoms with Crippen molar-refractivity contribution in [3.05, 3.63) is 70.8 Å². The van der Waals surface area contributed by atoms with E-state index in [9.17, 15) is 14.9 Å². The van der Waals surface area contributed by atoms with Gasteiger partial charge in [-0.3, -0.25) is 14.5 Å². The highest BCUT2D eigenvalue weighted by molar-refractivity contribution is 5.87. The van der Waals surface area contributed by atoms with Crippen molar-refractivity contribution in [3.8, 4) is 6.07 Å². The third-order valence-corrected chi connectivity index (χ3v) is 8.39. The Morgan fingerprint density at radius 1 is 1.09 bits per heavy atom. The average Bonchev–Trinajstić information content (AvgIpc) is 3.56. The van der Waals surface area contributed by atoms with E-state index in [0.717, 1.165) is 32.2 Å². The quantitative estimate of drug-likeness (QED) is 0.739. The van der Waals surface area contributed by atoms with E-state index in [1.807, 2.05) is 0 Å². The molecule has 180 valence electrons. The van der Waals surface area contributed by atoms with Crippen LogP contribution in [0.2, 0.25) is 0 Å². The zero-order chi connectivity index (χ0) is 24.1. The largest absolute Gasteiger partial charge is 0.326 e. The molecule has 3 saturated heterocycles. The Hall–Kier alpha value is -3.21. The van der Waals surface area contributed by atoms with Crippen molar-refractivity contribution in [2.75, 3.05) is 19.6 Å². The third kappa shape index (κ3) is 3.64. The lowest BCUT2D eigenvalue weighted by Crippen LogP contribution is -2.57. The van der Waals surface area contributed by atoms with E-state index < -0.39 is 6.04 Å². The summed E-state index contributed by atoms with van der Waals surface area (Å²) in [4.78, 5) is 32.6. The Kier molecular flexibility index (Phi) is 5.58. The monoisotopic (exact) mass is 469 g/mol. The molecule has 0 radical (unpaired) electrons. The van der Waals surface area contributed by atoms with E-state index in [2.05, 4.69) is 64.4 Å². The average molecular weight is 470 g/mol. The minimum absolute atomic E-state index is 0.0779. The second-order valence-electron chi connectivity index (χ2n) is 10.3. The fraction of sp³-hybridized carbons (Fsp3) is 0.464. The lowest BCUT2D eigenvalue weighted by atomic mass is 9.92. The second kappa shape index (κ2) is 8.78. The van der Waals surface area contributed by atoms with Crippen molar-refractivity contribution in [2.24, 2.45) is 5.73 Å². The molecule has 4 aliphatic rings. The summed E-state index contributed by atoms with van der Waals surface area (Å²) in [6.45, 7) is 1.66. The van der Waals surface area contributed by atoms with Gasteiger partial charge in [0.1, 0.15) is 6.04 Å². The van der Waals surface area contributed by atoms with Gasteiger partial charge in [-0.2, -0.15) is 5.26 Å². The summed E-state index contributed by atoms with van der Waals surface area (Å²) >= 11 is 0. The predicted octanol–water partition coefficient (Wildman–Crippen LogP) is 2.00. The molecule has 35 heavy (non-hydrogen) atoms. The van der Waals surface area contributed by atoms with Crippen LogP contribution in [0.5, 0.6) is 0 Å². The molecule has 2 N–H and O–H groups in total. The molecule has 0 spiro atoms. The zero-order valence-electron chi connectivity index (χ0n) is 19.8. The van der Waals surface area contributed by atoms with Crippen LogP contribution in [0.1, 0.15) is 47.6 Å². The maximum atomic E-state index is 13.8. The Bertz CT molecular complexity index is 1160. The molecule has 6 rings (SSSR count). The van der Waals surface area contributed by atoms with Crippen LogP contribution in [0.4, 0.5) is 0 Å².